The van der Waals surface area contributed by atoms with Crippen LogP contribution in [-0.4, -0.2) is 22.5 Å². The van der Waals surface area contributed by atoms with Crippen LogP contribution in [0.15, 0.2) is 68.2 Å². The van der Waals surface area contributed by atoms with E-state index >= 15 is 0 Å². The normalized spacial score (nSPS) is 10.8. The Hall–Kier alpha value is -3.61. The smallest absolute Gasteiger partial charge is 0.360 e. The Morgan fingerprint density at radius 1 is 1.04 bits per heavy atom. The van der Waals surface area contributed by atoms with Gasteiger partial charge in [0.15, 0.2) is 17.1 Å². The predicted molar refractivity (Wildman–Crippen MR) is 91.1 cm³/mol. The van der Waals surface area contributed by atoms with Crippen LogP contribution < -0.4 is 0 Å². The Balaban J connectivity index is 1.80. The van der Waals surface area contributed by atoms with Crippen molar-refractivity contribution in [1.29, 1.82) is 0 Å². The molecule has 0 spiro atoms. The van der Waals surface area contributed by atoms with Crippen molar-refractivity contribution >= 4 is 5.97 Å². The number of hydrogen-bond donors (Lipinski definition) is 0. The first-order chi connectivity index (χ1) is 12.8. The molecule has 0 aliphatic rings. The number of nitrogens with zero attached hydrogens (tertiary/aromatic N) is 2. The molecule has 0 unspecified atom stereocenters. The van der Waals surface area contributed by atoms with Crippen LogP contribution in [0, 0.1) is 0 Å². The van der Waals surface area contributed by atoms with Crippen LogP contribution in [0.25, 0.3) is 34.6 Å². The number of aromatic nitrogens is 2. The highest BCUT2D eigenvalue weighted by atomic mass is 16.5. The van der Waals surface area contributed by atoms with Crippen molar-refractivity contribution in [3.8, 4) is 34.6 Å². The Morgan fingerprint density at radius 2 is 1.88 bits per heavy atom. The summed E-state index contributed by atoms with van der Waals surface area (Å²) in [4.78, 5) is 20.5. The molecule has 0 bridgehead atoms. The minimum Gasteiger partial charge on any atom is -0.461 e. The fourth-order valence-electron chi connectivity index (χ4n) is 2.43. The van der Waals surface area contributed by atoms with Gasteiger partial charge in [-0.15, -0.1) is 0 Å². The molecule has 3 aromatic heterocycles. The maximum atomic E-state index is 11.8. The number of benzene rings is 1. The first kappa shape index (κ1) is 15.9. The van der Waals surface area contributed by atoms with Crippen molar-refractivity contribution in [2.45, 2.75) is 6.92 Å². The van der Waals surface area contributed by atoms with E-state index in [0.29, 0.717) is 23.1 Å². The molecule has 0 atom stereocenters. The fourth-order valence-corrected chi connectivity index (χ4v) is 2.43. The summed E-state index contributed by atoms with van der Waals surface area (Å²) in [5, 5.41) is 0. The van der Waals surface area contributed by atoms with Gasteiger partial charge in [-0.25, -0.2) is 14.8 Å². The number of esters is 1. The van der Waals surface area contributed by atoms with Crippen LogP contribution in [0.4, 0.5) is 0 Å². The van der Waals surface area contributed by atoms with Gasteiger partial charge in [-0.3, -0.25) is 0 Å². The van der Waals surface area contributed by atoms with E-state index in [2.05, 4.69) is 9.97 Å². The summed E-state index contributed by atoms with van der Waals surface area (Å²) in [6, 6.07) is 12.9. The molecule has 4 rings (SSSR count). The van der Waals surface area contributed by atoms with Gasteiger partial charge < -0.3 is 18.0 Å². The van der Waals surface area contributed by atoms with Crippen molar-refractivity contribution < 1.29 is 22.8 Å². The lowest BCUT2D eigenvalue weighted by atomic mass is 10.2. The van der Waals surface area contributed by atoms with Gasteiger partial charge >= 0.3 is 5.97 Å². The first-order valence-corrected chi connectivity index (χ1v) is 7.99. The Labute approximate surface area is 148 Å². The summed E-state index contributed by atoms with van der Waals surface area (Å²) in [6.07, 6.45) is 2.76. The Kier molecular flexibility index (Phi) is 4.10. The molecule has 7 heteroatoms. The molecule has 4 aromatic rings. The molecule has 26 heavy (non-hydrogen) atoms. The van der Waals surface area contributed by atoms with Gasteiger partial charge in [0.05, 0.1) is 12.9 Å². The summed E-state index contributed by atoms with van der Waals surface area (Å²) in [6.45, 7) is 1.97. The van der Waals surface area contributed by atoms with Gasteiger partial charge in [-0.1, -0.05) is 18.2 Å². The maximum absolute atomic E-state index is 11.8. The van der Waals surface area contributed by atoms with Gasteiger partial charge in [0.25, 0.3) is 0 Å². The maximum Gasteiger partial charge on any atom is 0.360 e. The number of carbonyl (C=O) groups is 1. The average Bonchev–Trinajstić information content (AvgIpc) is 3.41. The number of hydrogen-bond acceptors (Lipinski definition) is 7. The third-order valence-corrected chi connectivity index (χ3v) is 3.58. The minimum absolute atomic E-state index is 0.0662. The van der Waals surface area contributed by atoms with E-state index in [0.717, 1.165) is 5.56 Å². The van der Waals surface area contributed by atoms with Crippen molar-refractivity contribution in [3.05, 3.63) is 60.7 Å². The quantitative estimate of drug-likeness (QED) is 0.491. The number of ether oxygens (including phenoxy) is 1. The zero-order chi connectivity index (χ0) is 17.9. The van der Waals surface area contributed by atoms with E-state index in [1.54, 1.807) is 19.1 Å². The van der Waals surface area contributed by atoms with E-state index in [4.69, 9.17) is 18.0 Å². The molecular weight excluding hydrogens is 336 g/mol. The first-order valence-electron chi connectivity index (χ1n) is 7.99. The van der Waals surface area contributed by atoms with Crippen LogP contribution in [-0.2, 0) is 4.74 Å². The monoisotopic (exact) mass is 350 g/mol. The molecule has 7 nitrogen and oxygen atoms in total. The lowest BCUT2D eigenvalue weighted by molar-refractivity contribution is 0.0519. The minimum atomic E-state index is -0.561. The van der Waals surface area contributed by atoms with E-state index in [1.807, 2.05) is 30.3 Å². The molecular formula is C19H14N2O5. The van der Waals surface area contributed by atoms with Crippen molar-refractivity contribution in [2.24, 2.45) is 0 Å². The van der Waals surface area contributed by atoms with Crippen LogP contribution in [0.5, 0.6) is 0 Å². The highest BCUT2D eigenvalue weighted by Gasteiger charge is 2.25. The second kappa shape index (κ2) is 6.72. The highest BCUT2D eigenvalue weighted by Crippen LogP contribution is 2.35. The third-order valence-electron chi connectivity index (χ3n) is 3.58. The van der Waals surface area contributed by atoms with Gasteiger partial charge in [-0.2, -0.15) is 0 Å². The molecule has 0 N–H and O–H groups in total. The van der Waals surface area contributed by atoms with E-state index in [1.165, 1.54) is 12.5 Å². The molecule has 0 aliphatic carbocycles. The van der Waals surface area contributed by atoms with Crippen LogP contribution in [0.2, 0.25) is 0 Å². The topological polar surface area (TPSA) is 91.5 Å². The number of oxazole rings is 2. The van der Waals surface area contributed by atoms with Gasteiger partial charge in [0.1, 0.15) is 6.26 Å². The lowest BCUT2D eigenvalue weighted by Crippen LogP contribution is -2.04. The molecule has 0 amide bonds. The standard InChI is InChI=1S/C19H14N2O5/c1-2-23-19(22)13-11-25-18(20-13)15-16(14-9-6-10-24-14)26-17(21-15)12-7-4-3-5-8-12/h3-11H,2H2,1H3. The fraction of sp³-hybridized carbons (Fsp3) is 0.105. The van der Waals surface area contributed by atoms with Crippen molar-refractivity contribution in [3.63, 3.8) is 0 Å². The van der Waals surface area contributed by atoms with E-state index < -0.39 is 5.97 Å². The number of rotatable bonds is 5. The number of carbonyl (C=O) groups excluding carboxylic acids is 1. The van der Waals surface area contributed by atoms with E-state index in [9.17, 15) is 4.79 Å². The lowest BCUT2D eigenvalue weighted by Gasteiger charge is -1.95. The van der Waals surface area contributed by atoms with Crippen LogP contribution >= 0.6 is 0 Å². The Bertz CT molecular complexity index is 1020. The SMILES string of the molecule is CCOC(=O)c1coc(-c2nc(-c3ccccc3)oc2-c2ccco2)n1. The molecule has 0 fully saturated rings. The molecule has 0 radical (unpaired) electrons. The van der Waals surface area contributed by atoms with Crippen LogP contribution in [0.1, 0.15) is 17.4 Å². The van der Waals surface area contributed by atoms with Crippen molar-refractivity contribution in [2.75, 3.05) is 6.61 Å². The molecule has 1 aromatic carbocycles. The zero-order valence-corrected chi connectivity index (χ0v) is 13.8. The second-order valence-electron chi connectivity index (χ2n) is 5.30. The average molecular weight is 350 g/mol. The summed E-state index contributed by atoms with van der Waals surface area (Å²) in [5.74, 6) is 0.818. The summed E-state index contributed by atoms with van der Waals surface area (Å²) in [7, 11) is 0. The second-order valence-corrected chi connectivity index (χ2v) is 5.30. The molecule has 3 heterocycles. The predicted octanol–water partition coefficient (Wildman–Crippen LogP) is 4.43. The Morgan fingerprint density at radius 3 is 2.62 bits per heavy atom. The van der Waals surface area contributed by atoms with Crippen molar-refractivity contribution in [1.82, 2.24) is 9.97 Å². The zero-order valence-electron chi connectivity index (χ0n) is 13.8. The molecule has 0 saturated heterocycles. The summed E-state index contributed by atoms with van der Waals surface area (Å²) >= 11 is 0. The van der Waals surface area contributed by atoms with Gasteiger partial charge in [-0.05, 0) is 31.2 Å². The van der Waals surface area contributed by atoms with Gasteiger partial charge in [0, 0.05) is 5.56 Å². The van der Waals surface area contributed by atoms with E-state index in [-0.39, 0.29) is 18.2 Å². The summed E-state index contributed by atoms with van der Waals surface area (Å²) in [5.41, 5.74) is 1.20. The third kappa shape index (κ3) is 2.90. The highest BCUT2D eigenvalue weighted by molar-refractivity contribution is 5.87. The number of furan rings is 1. The molecule has 0 aliphatic heterocycles. The van der Waals surface area contributed by atoms with Crippen LogP contribution in [0.3, 0.4) is 0 Å². The molecule has 0 saturated carbocycles. The largest absolute Gasteiger partial charge is 0.461 e. The van der Waals surface area contributed by atoms with Gasteiger partial charge in [0.2, 0.25) is 17.5 Å². The molecule has 130 valence electrons. The summed E-state index contributed by atoms with van der Waals surface area (Å²) < 4.78 is 21.7.